The second-order valence-corrected chi connectivity index (χ2v) is 15.8. The molecule has 0 aromatic heterocycles. The lowest BCUT2D eigenvalue weighted by Gasteiger charge is -2.47. The number of hydrogen-bond donors (Lipinski definition) is 0. The molecule has 3 saturated heterocycles. The number of halogens is 1. The molecular formula is C21H38ClNO4Si. The van der Waals surface area contributed by atoms with Crippen LogP contribution >= 0.6 is 11.6 Å². The van der Waals surface area contributed by atoms with Gasteiger partial charge in [0.1, 0.15) is 12.2 Å². The molecule has 0 unspecified atom stereocenters. The molecule has 0 aliphatic carbocycles. The van der Waals surface area contributed by atoms with Crippen LogP contribution in [0.3, 0.4) is 0 Å². The van der Waals surface area contributed by atoms with Crippen LogP contribution in [0.15, 0.2) is 0 Å². The molecule has 5 nitrogen and oxygen atoms in total. The minimum Gasteiger partial charge on any atom is -0.412 e. The molecule has 3 aliphatic heterocycles. The molecular weight excluding hydrogens is 394 g/mol. The molecule has 7 heteroatoms. The van der Waals surface area contributed by atoms with E-state index in [1.54, 1.807) is 0 Å². The second-order valence-electron chi connectivity index (χ2n) is 10.7. The number of carbonyl (C=O) groups is 1. The van der Waals surface area contributed by atoms with Crippen molar-refractivity contribution in [3.8, 4) is 0 Å². The van der Waals surface area contributed by atoms with Crippen molar-refractivity contribution in [1.29, 1.82) is 0 Å². The molecule has 162 valence electrons. The molecule has 3 heterocycles. The summed E-state index contributed by atoms with van der Waals surface area (Å²) in [6, 6.07) is -0.0438. The van der Waals surface area contributed by atoms with Crippen molar-refractivity contribution in [2.75, 3.05) is 12.4 Å². The van der Waals surface area contributed by atoms with Gasteiger partial charge in [0, 0.05) is 11.8 Å². The Morgan fingerprint density at radius 2 is 1.93 bits per heavy atom. The molecule has 3 aliphatic rings. The Morgan fingerprint density at radius 1 is 1.25 bits per heavy atom. The number of carbonyl (C=O) groups excluding carboxylic acids is 1. The van der Waals surface area contributed by atoms with Crippen LogP contribution < -0.4 is 0 Å². The zero-order valence-electron chi connectivity index (χ0n) is 18.6. The predicted octanol–water partition coefficient (Wildman–Crippen LogP) is 4.54. The van der Waals surface area contributed by atoms with E-state index in [2.05, 4.69) is 33.9 Å². The van der Waals surface area contributed by atoms with Gasteiger partial charge in [0.15, 0.2) is 14.1 Å². The largest absolute Gasteiger partial charge is 0.412 e. The van der Waals surface area contributed by atoms with Gasteiger partial charge in [0.05, 0.1) is 18.7 Å². The second kappa shape index (κ2) is 7.84. The molecule has 1 amide bonds. The van der Waals surface area contributed by atoms with Crippen LogP contribution in [0.4, 0.5) is 0 Å². The van der Waals surface area contributed by atoms with Crippen LogP contribution in [0.1, 0.15) is 60.3 Å². The van der Waals surface area contributed by atoms with E-state index in [-0.39, 0.29) is 41.2 Å². The van der Waals surface area contributed by atoms with E-state index in [0.717, 1.165) is 25.7 Å². The first-order valence-corrected chi connectivity index (χ1v) is 14.2. The monoisotopic (exact) mass is 431 g/mol. The van der Waals surface area contributed by atoms with E-state index >= 15 is 0 Å². The van der Waals surface area contributed by atoms with Crippen molar-refractivity contribution in [1.82, 2.24) is 4.90 Å². The Balaban J connectivity index is 1.84. The maximum Gasteiger partial charge on any atom is 0.226 e. The smallest absolute Gasteiger partial charge is 0.226 e. The summed E-state index contributed by atoms with van der Waals surface area (Å²) < 4.78 is 19.3. The van der Waals surface area contributed by atoms with Crippen LogP contribution in [0.2, 0.25) is 18.1 Å². The molecule has 0 spiro atoms. The highest BCUT2D eigenvalue weighted by Gasteiger charge is 2.60. The van der Waals surface area contributed by atoms with Crippen LogP contribution in [0.25, 0.3) is 0 Å². The van der Waals surface area contributed by atoms with Crippen molar-refractivity contribution in [2.45, 2.75) is 109 Å². The molecule has 28 heavy (non-hydrogen) atoms. The van der Waals surface area contributed by atoms with Gasteiger partial charge in [-0.2, -0.15) is 0 Å². The molecule has 3 rings (SSSR count). The first-order valence-electron chi connectivity index (χ1n) is 10.8. The van der Waals surface area contributed by atoms with Gasteiger partial charge >= 0.3 is 0 Å². The highest BCUT2D eigenvalue weighted by molar-refractivity contribution is 6.74. The van der Waals surface area contributed by atoms with E-state index in [9.17, 15) is 4.79 Å². The molecule has 0 bridgehead atoms. The van der Waals surface area contributed by atoms with Crippen molar-refractivity contribution < 1.29 is 18.7 Å². The van der Waals surface area contributed by atoms with Gasteiger partial charge in [-0.25, -0.2) is 0 Å². The fraction of sp³-hybridized carbons (Fsp3) is 0.952. The third-order valence-corrected chi connectivity index (χ3v) is 11.8. The SMILES string of the molecule is CC1(C)O[C@H]2[C@H]3[C@H](O[Si](C)(C)C(C)(C)C)C[C@@H](CCCCCl)C(=O)N3C[C@H]2O1. The highest BCUT2D eigenvalue weighted by Crippen LogP contribution is 2.46. The summed E-state index contributed by atoms with van der Waals surface area (Å²) in [6.07, 6.45) is 3.45. The minimum atomic E-state index is -1.98. The fourth-order valence-electron chi connectivity index (χ4n) is 4.59. The minimum absolute atomic E-state index is 0.00657. The van der Waals surface area contributed by atoms with Gasteiger partial charge in [0.2, 0.25) is 5.91 Å². The maximum atomic E-state index is 13.2. The molecule has 3 fully saturated rings. The quantitative estimate of drug-likeness (QED) is 0.352. The molecule has 0 aromatic rings. The number of nitrogens with zero attached hydrogens (tertiary/aromatic N) is 1. The van der Waals surface area contributed by atoms with Crippen LogP contribution in [-0.2, 0) is 18.7 Å². The molecule has 0 aromatic carbocycles. The number of ether oxygens (including phenoxy) is 2. The lowest BCUT2D eigenvalue weighted by atomic mass is 9.86. The molecule has 0 N–H and O–H groups in total. The third-order valence-electron chi connectivity index (χ3n) is 7.01. The number of hydrogen-bond acceptors (Lipinski definition) is 4. The van der Waals surface area contributed by atoms with Gasteiger partial charge in [-0.1, -0.05) is 27.2 Å². The Morgan fingerprint density at radius 3 is 2.54 bits per heavy atom. The number of alkyl halides is 1. The lowest BCUT2D eigenvalue weighted by molar-refractivity contribution is -0.179. The zero-order valence-corrected chi connectivity index (χ0v) is 20.3. The molecule has 5 atom stereocenters. The van der Waals surface area contributed by atoms with E-state index in [4.69, 9.17) is 25.5 Å². The van der Waals surface area contributed by atoms with Gasteiger partial charge in [-0.05, 0) is 51.2 Å². The van der Waals surface area contributed by atoms with E-state index in [1.807, 2.05) is 18.7 Å². The van der Waals surface area contributed by atoms with E-state index < -0.39 is 14.1 Å². The predicted molar refractivity (Wildman–Crippen MR) is 114 cm³/mol. The number of amides is 1. The standard InChI is InChI=1S/C21H38ClNO4Si/c1-20(2,3)28(6,7)27-15-12-14(10-8-9-11-22)19(24)23-13-16-18(17(15)23)26-21(4,5)25-16/h14-18H,8-13H2,1-7H3/t14-,15-,16-,17-,18-/m1/s1. The Labute approximate surface area is 176 Å². The van der Waals surface area contributed by atoms with Crippen molar-refractivity contribution in [3.05, 3.63) is 0 Å². The summed E-state index contributed by atoms with van der Waals surface area (Å²) in [7, 11) is -1.98. The average molecular weight is 432 g/mol. The number of fused-ring (bicyclic) bond motifs is 3. The van der Waals surface area contributed by atoms with Crippen LogP contribution in [0.5, 0.6) is 0 Å². The number of rotatable bonds is 6. The average Bonchev–Trinajstić information content (AvgIpc) is 3.02. The zero-order chi connectivity index (χ0) is 20.9. The van der Waals surface area contributed by atoms with Crippen molar-refractivity contribution in [3.63, 3.8) is 0 Å². The summed E-state index contributed by atoms with van der Waals surface area (Å²) in [5, 5.41) is 0.123. The Hall–Kier alpha value is -0.143. The van der Waals surface area contributed by atoms with Gasteiger partial charge < -0.3 is 18.8 Å². The lowest BCUT2D eigenvalue weighted by Crippen LogP contribution is -2.59. The topological polar surface area (TPSA) is 48.0 Å². The number of piperidine rings is 1. The summed E-state index contributed by atoms with van der Waals surface area (Å²) in [5.41, 5.74) is 0. The molecule has 0 saturated carbocycles. The summed E-state index contributed by atoms with van der Waals surface area (Å²) in [5.74, 6) is 0.316. The normalized spacial score (nSPS) is 35.2. The number of unbranched alkanes of at least 4 members (excludes halogenated alkanes) is 1. The van der Waals surface area contributed by atoms with E-state index in [1.165, 1.54) is 0 Å². The Kier molecular flexibility index (Phi) is 6.31. The highest BCUT2D eigenvalue weighted by atomic mass is 35.5. The first kappa shape index (κ1) is 22.5. The van der Waals surface area contributed by atoms with Crippen LogP contribution in [-0.4, -0.2) is 61.7 Å². The fourth-order valence-corrected chi connectivity index (χ4v) is 6.13. The third kappa shape index (κ3) is 4.31. The van der Waals surface area contributed by atoms with Crippen molar-refractivity contribution in [2.24, 2.45) is 5.92 Å². The summed E-state index contributed by atoms with van der Waals surface area (Å²) >= 11 is 5.85. The van der Waals surface area contributed by atoms with Gasteiger partial charge in [0.25, 0.3) is 0 Å². The molecule has 0 radical (unpaired) electrons. The first-order chi connectivity index (χ1) is 12.9. The van der Waals surface area contributed by atoms with Gasteiger partial charge in [-0.3, -0.25) is 4.79 Å². The van der Waals surface area contributed by atoms with E-state index in [0.29, 0.717) is 12.4 Å². The van der Waals surface area contributed by atoms with Crippen molar-refractivity contribution >= 4 is 25.8 Å². The van der Waals surface area contributed by atoms with Crippen LogP contribution in [0, 0.1) is 5.92 Å². The summed E-state index contributed by atoms with van der Waals surface area (Å²) in [4.78, 5) is 15.3. The summed E-state index contributed by atoms with van der Waals surface area (Å²) in [6.45, 7) is 15.9. The van der Waals surface area contributed by atoms with Gasteiger partial charge in [-0.15, -0.1) is 11.6 Å². The maximum absolute atomic E-state index is 13.2. The Bertz CT molecular complexity index is 591.